The Kier molecular flexibility index (Phi) is 4.31. The molecule has 1 unspecified atom stereocenters. The van der Waals surface area contributed by atoms with E-state index in [-0.39, 0.29) is 6.04 Å². The number of non-ortho nitro benzene ring substituents is 1. The van der Waals surface area contributed by atoms with E-state index in [1.807, 2.05) is 0 Å². The Morgan fingerprint density at radius 2 is 2.20 bits per heavy atom. The molecule has 0 amide bonds. The molecule has 1 aliphatic heterocycles. The minimum Gasteiger partial charge on any atom is -0.315 e. The molecular formula is C11H14FN3O4S. The summed E-state index contributed by atoms with van der Waals surface area (Å²) in [4.78, 5) is 9.18. The maximum Gasteiger partial charge on any atom is 0.270 e. The number of piperidine rings is 1. The van der Waals surface area contributed by atoms with Gasteiger partial charge in [-0.15, -0.1) is 0 Å². The second kappa shape index (κ2) is 5.81. The van der Waals surface area contributed by atoms with E-state index in [9.17, 15) is 22.9 Å². The number of sulfonamides is 1. The van der Waals surface area contributed by atoms with Gasteiger partial charge in [0.15, 0.2) is 0 Å². The number of hydrogen-bond donors (Lipinski definition) is 2. The van der Waals surface area contributed by atoms with Gasteiger partial charge in [0, 0.05) is 24.7 Å². The molecule has 0 radical (unpaired) electrons. The van der Waals surface area contributed by atoms with E-state index in [0.717, 1.165) is 31.2 Å². The van der Waals surface area contributed by atoms with E-state index in [1.165, 1.54) is 0 Å². The van der Waals surface area contributed by atoms with Crippen LogP contribution in [0.3, 0.4) is 0 Å². The third-order valence-corrected chi connectivity index (χ3v) is 4.57. The minimum atomic E-state index is -4.12. The first-order valence-electron chi connectivity index (χ1n) is 6.07. The van der Waals surface area contributed by atoms with Crippen LogP contribution in [0, 0.1) is 15.9 Å². The fourth-order valence-electron chi connectivity index (χ4n) is 2.05. The Balaban J connectivity index is 2.28. The van der Waals surface area contributed by atoms with Crippen molar-refractivity contribution in [1.29, 1.82) is 0 Å². The lowest BCUT2D eigenvalue weighted by Crippen LogP contribution is -2.45. The van der Waals surface area contributed by atoms with Crippen molar-refractivity contribution in [2.24, 2.45) is 0 Å². The predicted octanol–water partition coefficient (Wildman–Crippen LogP) is 0.764. The number of benzene rings is 1. The van der Waals surface area contributed by atoms with Gasteiger partial charge in [0.1, 0.15) is 10.7 Å². The number of nitrogens with one attached hydrogen (secondary N) is 2. The van der Waals surface area contributed by atoms with Crippen LogP contribution in [0.4, 0.5) is 10.1 Å². The molecule has 0 aromatic heterocycles. The van der Waals surface area contributed by atoms with Gasteiger partial charge in [-0.05, 0) is 25.5 Å². The lowest BCUT2D eigenvalue weighted by Gasteiger charge is -2.23. The fourth-order valence-corrected chi connectivity index (χ4v) is 3.41. The first kappa shape index (κ1) is 14.8. The topological polar surface area (TPSA) is 101 Å². The van der Waals surface area contributed by atoms with E-state index >= 15 is 0 Å². The summed E-state index contributed by atoms with van der Waals surface area (Å²) in [6, 6.07) is 2.10. The summed E-state index contributed by atoms with van der Waals surface area (Å²) in [7, 11) is -4.12. The highest BCUT2D eigenvalue weighted by molar-refractivity contribution is 7.89. The van der Waals surface area contributed by atoms with Crippen molar-refractivity contribution >= 4 is 15.7 Å². The van der Waals surface area contributed by atoms with E-state index < -0.39 is 31.3 Å². The molecule has 20 heavy (non-hydrogen) atoms. The second-order valence-electron chi connectivity index (χ2n) is 4.54. The van der Waals surface area contributed by atoms with Crippen molar-refractivity contribution in [1.82, 2.24) is 10.0 Å². The van der Waals surface area contributed by atoms with Crippen molar-refractivity contribution in [3.63, 3.8) is 0 Å². The fraction of sp³-hybridized carbons (Fsp3) is 0.455. The molecule has 1 heterocycles. The quantitative estimate of drug-likeness (QED) is 0.632. The van der Waals surface area contributed by atoms with Gasteiger partial charge in [-0.2, -0.15) is 0 Å². The highest BCUT2D eigenvalue weighted by atomic mass is 32.2. The van der Waals surface area contributed by atoms with Crippen molar-refractivity contribution < 1.29 is 17.7 Å². The summed E-state index contributed by atoms with van der Waals surface area (Å²) in [5.74, 6) is -1.01. The Hall–Kier alpha value is -1.58. The van der Waals surface area contributed by atoms with E-state index in [0.29, 0.717) is 13.0 Å². The number of rotatable bonds is 4. The van der Waals surface area contributed by atoms with Crippen LogP contribution in [0.5, 0.6) is 0 Å². The third-order valence-electron chi connectivity index (χ3n) is 3.03. The molecule has 7 nitrogen and oxygen atoms in total. The zero-order valence-corrected chi connectivity index (χ0v) is 11.3. The molecule has 1 fully saturated rings. The van der Waals surface area contributed by atoms with Crippen molar-refractivity contribution in [2.75, 3.05) is 13.1 Å². The number of nitro groups is 1. The molecule has 0 aliphatic carbocycles. The first-order valence-corrected chi connectivity index (χ1v) is 7.55. The average Bonchev–Trinajstić information content (AvgIpc) is 2.39. The van der Waals surface area contributed by atoms with Crippen LogP contribution in [-0.4, -0.2) is 32.5 Å². The maximum atomic E-state index is 13.6. The van der Waals surface area contributed by atoms with Gasteiger partial charge in [0.05, 0.1) is 4.92 Å². The van der Waals surface area contributed by atoms with Gasteiger partial charge in [-0.25, -0.2) is 17.5 Å². The molecular weight excluding hydrogens is 289 g/mol. The van der Waals surface area contributed by atoms with Crippen molar-refractivity contribution in [2.45, 2.75) is 23.8 Å². The first-order chi connectivity index (χ1) is 9.40. The number of nitrogens with zero attached hydrogens (tertiary/aromatic N) is 1. The summed E-state index contributed by atoms with van der Waals surface area (Å²) in [5.41, 5.74) is -0.464. The standard InChI is InChI=1S/C11H14FN3O4S/c12-10-4-3-9(15(16)17)6-11(10)20(18,19)14-8-2-1-5-13-7-8/h3-4,6,8,13-14H,1-2,5,7H2. The Morgan fingerprint density at radius 1 is 1.45 bits per heavy atom. The summed E-state index contributed by atoms with van der Waals surface area (Å²) in [6.45, 7) is 1.26. The zero-order chi connectivity index (χ0) is 14.8. The summed E-state index contributed by atoms with van der Waals surface area (Å²) in [5, 5.41) is 13.7. The SMILES string of the molecule is O=[N+]([O-])c1ccc(F)c(S(=O)(=O)NC2CCCNC2)c1. The maximum absolute atomic E-state index is 13.6. The highest BCUT2D eigenvalue weighted by Gasteiger charge is 2.26. The third kappa shape index (κ3) is 3.30. The molecule has 1 aliphatic rings. The summed E-state index contributed by atoms with van der Waals surface area (Å²) >= 11 is 0. The van der Waals surface area contributed by atoms with Gasteiger partial charge < -0.3 is 5.32 Å². The summed E-state index contributed by atoms with van der Waals surface area (Å²) in [6.07, 6.45) is 1.45. The predicted molar refractivity (Wildman–Crippen MR) is 69.3 cm³/mol. The molecule has 1 aromatic carbocycles. The molecule has 9 heteroatoms. The van der Waals surface area contributed by atoms with Crippen LogP contribution >= 0.6 is 0 Å². The second-order valence-corrected chi connectivity index (χ2v) is 6.22. The minimum absolute atomic E-state index is 0.340. The largest absolute Gasteiger partial charge is 0.315 e. The van der Waals surface area contributed by atoms with Crippen LogP contribution in [0.2, 0.25) is 0 Å². The molecule has 2 N–H and O–H groups in total. The van der Waals surface area contributed by atoms with Crippen LogP contribution in [-0.2, 0) is 10.0 Å². The van der Waals surface area contributed by atoms with Gasteiger partial charge >= 0.3 is 0 Å². The Morgan fingerprint density at radius 3 is 2.80 bits per heavy atom. The smallest absolute Gasteiger partial charge is 0.270 e. The van der Waals surface area contributed by atoms with E-state index in [4.69, 9.17) is 0 Å². The van der Waals surface area contributed by atoms with Crippen LogP contribution in [0.1, 0.15) is 12.8 Å². The van der Waals surface area contributed by atoms with Crippen LogP contribution in [0.15, 0.2) is 23.1 Å². The number of halogens is 1. The molecule has 1 atom stereocenters. The van der Waals surface area contributed by atoms with Crippen LogP contribution in [0.25, 0.3) is 0 Å². The number of hydrogen-bond acceptors (Lipinski definition) is 5. The molecule has 0 saturated carbocycles. The molecule has 0 spiro atoms. The monoisotopic (exact) mass is 303 g/mol. The number of nitro benzene ring substituents is 1. The van der Waals surface area contributed by atoms with Gasteiger partial charge in [0.25, 0.3) is 5.69 Å². The normalized spacial score (nSPS) is 19.8. The van der Waals surface area contributed by atoms with E-state index in [2.05, 4.69) is 10.0 Å². The molecule has 2 rings (SSSR count). The van der Waals surface area contributed by atoms with E-state index in [1.54, 1.807) is 0 Å². The molecule has 0 bridgehead atoms. The molecule has 110 valence electrons. The van der Waals surface area contributed by atoms with Gasteiger partial charge in [0.2, 0.25) is 10.0 Å². The molecule has 1 aromatic rings. The average molecular weight is 303 g/mol. The Bertz CT molecular complexity index is 614. The lowest BCUT2D eigenvalue weighted by atomic mass is 10.1. The van der Waals surface area contributed by atoms with Crippen LogP contribution < -0.4 is 10.0 Å². The van der Waals surface area contributed by atoms with Crippen molar-refractivity contribution in [3.05, 3.63) is 34.1 Å². The van der Waals surface area contributed by atoms with Crippen molar-refractivity contribution in [3.8, 4) is 0 Å². The zero-order valence-electron chi connectivity index (χ0n) is 10.5. The Labute approximate surface area is 115 Å². The van der Waals surface area contributed by atoms with Gasteiger partial charge in [-0.3, -0.25) is 10.1 Å². The summed E-state index contributed by atoms with van der Waals surface area (Å²) < 4.78 is 40.2. The highest BCUT2D eigenvalue weighted by Crippen LogP contribution is 2.21. The lowest BCUT2D eigenvalue weighted by molar-refractivity contribution is -0.385. The van der Waals surface area contributed by atoms with Gasteiger partial charge in [-0.1, -0.05) is 0 Å². The molecule has 1 saturated heterocycles.